The molecule has 2 N–H and O–H groups in total. The molecule has 7 nitrogen and oxygen atoms in total. The molecule has 6 rings (SSSR count). The first-order valence-corrected chi connectivity index (χ1v) is 10.0. The highest BCUT2D eigenvalue weighted by atomic mass is 19.1. The summed E-state index contributed by atoms with van der Waals surface area (Å²) in [5.41, 5.74) is 7.13. The second kappa shape index (κ2) is 7.05. The van der Waals surface area contributed by atoms with Crippen LogP contribution in [0.15, 0.2) is 67.5 Å². The SMILES string of the molecule is Cc1cc(F)cc(-c2cncc3[nH]c(-c4n[nH]c5cnc(-c6cnccn6)cc45)cc23)c1. The van der Waals surface area contributed by atoms with Crippen molar-refractivity contribution in [1.29, 1.82) is 0 Å². The highest BCUT2D eigenvalue weighted by molar-refractivity contribution is 6.01. The Morgan fingerprint density at radius 1 is 0.781 bits per heavy atom. The lowest BCUT2D eigenvalue weighted by atomic mass is 10.0. The third-order valence-corrected chi connectivity index (χ3v) is 5.43. The summed E-state index contributed by atoms with van der Waals surface area (Å²) in [5.74, 6) is -0.268. The number of nitrogens with zero attached hydrogens (tertiary/aromatic N) is 5. The van der Waals surface area contributed by atoms with Crippen molar-refractivity contribution < 1.29 is 4.39 Å². The third-order valence-electron chi connectivity index (χ3n) is 5.43. The van der Waals surface area contributed by atoms with Gasteiger partial charge >= 0.3 is 0 Å². The van der Waals surface area contributed by atoms with Gasteiger partial charge < -0.3 is 4.98 Å². The number of nitrogens with one attached hydrogen (secondary N) is 2. The molecule has 0 saturated carbocycles. The van der Waals surface area contributed by atoms with Gasteiger partial charge in [-0.05, 0) is 42.3 Å². The predicted octanol–water partition coefficient (Wildman–Crippen LogP) is 5.07. The Kier molecular flexibility index (Phi) is 4.04. The molecule has 154 valence electrons. The van der Waals surface area contributed by atoms with E-state index in [1.54, 1.807) is 37.2 Å². The monoisotopic (exact) mass is 421 g/mol. The maximum Gasteiger partial charge on any atom is 0.124 e. The van der Waals surface area contributed by atoms with Crippen molar-refractivity contribution in [3.8, 4) is 33.9 Å². The van der Waals surface area contributed by atoms with E-state index in [1.807, 2.05) is 25.1 Å². The van der Waals surface area contributed by atoms with Crippen LogP contribution in [0.4, 0.5) is 4.39 Å². The highest BCUT2D eigenvalue weighted by Crippen LogP contribution is 2.34. The molecule has 0 aliphatic rings. The number of benzene rings is 1. The fourth-order valence-corrected chi connectivity index (χ4v) is 3.99. The van der Waals surface area contributed by atoms with Crippen LogP contribution < -0.4 is 0 Å². The maximum atomic E-state index is 14.0. The molecule has 32 heavy (non-hydrogen) atoms. The van der Waals surface area contributed by atoms with E-state index in [9.17, 15) is 4.39 Å². The van der Waals surface area contributed by atoms with E-state index < -0.39 is 0 Å². The van der Waals surface area contributed by atoms with E-state index in [4.69, 9.17) is 0 Å². The summed E-state index contributed by atoms with van der Waals surface area (Å²) in [6.07, 6.45) is 10.2. The molecule has 0 radical (unpaired) electrons. The Morgan fingerprint density at radius 2 is 1.72 bits per heavy atom. The summed E-state index contributed by atoms with van der Waals surface area (Å²) in [6.45, 7) is 1.88. The fourth-order valence-electron chi connectivity index (χ4n) is 3.99. The van der Waals surface area contributed by atoms with E-state index in [0.29, 0.717) is 11.4 Å². The Balaban J connectivity index is 1.52. The van der Waals surface area contributed by atoms with E-state index in [2.05, 4.69) is 35.1 Å². The molecular weight excluding hydrogens is 405 g/mol. The van der Waals surface area contributed by atoms with Gasteiger partial charge in [-0.15, -0.1) is 0 Å². The number of pyridine rings is 2. The summed E-state index contributed by atoms with van der Waals surface area (Å²) in [4.78, 5) is 20.7. The lowest BCUT2D eigenvalue weighted by Crippen LogP contribution is -1.88. The molecule has 0 amide bonds. The maximum absolute atomic E-state index is 14.0. The summed E-state index contributed by atoms with van der Waals surface area (Å²) >= 11 is 0. The molecule has 0 bridgehead atoms. The standard InChI is InChI=1S/C24H16FN7/c1-13-4-14(6-15(25)5-13)18-9-27-10-21-16(18)7-20(30-21)24-17-8-19(23-11-26-2-3-28-23)29-12-22(17)31-32-24/h2-12,30H,1H3,(H,31,32). The van der Waals surface area contributed by atoms with Gasteiger partial charge in [0.2, 0.25) is 0 Å². The Bertz CT molecular complexity index is 1580. The van der Waals surface area contributed by atoms with Crippen LogP contribution in [0.2, 0.25) is 0 Å². The molecule has 0 saturated heterocycles. The highest BCUT2D eigenvalue weighted by Gasteiger charge is 2.15. The Morgan fingerprint density at radius 3 is 2.56 bits per heavy atom. The molecule has 5 heterocycles. The molecule has 6 aromatic rings. The second-order valence-electron chi connectivity index (χ2n) is 7.63. The summed E-state index contributed by atoms with van der Waals surface area (Å²) < 4.78 is 14.0. The number of aryl methyl sites for hydroxylation is 1. The average molecular weight is 421 g/mol. The summed E-state index contributed by atoms with van der Waals surface area (Å²) in [5, 5.41) is 9.40. The van der Waals surface area contributed by atoms with Crippen LogP contribution in [-0.4, -0.2) is 35.1 Å². The van der Waals surface area contributed by atoms with Gasteiger partial charge in [-0.3, -0.25) is 25.0 Å². The minimum Gasteiger partial charge on any atom is -0.352 e. The van der Waals surface area contributed by atoms with Crippen LogP contribution >= 0.6 is 0 Å². The first-order chi connectivity index (χ1) is 15.7. The van der Waals surface area contributed by atoms with E-state index in [0.717, 1.165) is 49.9 Å². The van der Waals surface area contributed by atoms with Crippen molar-refractivity contribution in [3.05, 3.63) is 78.9 Å². The smallest absolute Gasteiger partial charge is 0.124 e. The van der Waals surface area contributed by atoms with Gasteiger partial charge in [-0.1, -0.05) is 6.07 Å². The molecule has 0 aliphatic heterocycles. The van der Waals surface area contributed by atoms with Crippen molar-refractivity contribution in [2.24, 2.45) is 0 Å². The Labute approximate surface area is 181 Å². The predicted molar refractivity (Wildman–Crippen MR) is 120 cm³/mol. The summed E-state index contributed by atoms with van der Waals surface area (Å²) in [6, 6.07) is 8.95. The zero-order valence-corrected chi connectivity index (χ0v) is 17.0. The second-order valence-corrected chi connectivity index (χ2v) is 7.63. The first-order valence-electron chi connectivity index (χ1n) is 10.0. The number of aromatic amines is 2. The van der Waals surface area contributed by atoms with Crippen LogP contribution in [0, 0.1) is 12.7 Å². The van der Waals surface area contributed by atoms with Crippen molar-refractivity contribution in [2.75, 3.05) is 0 Å². The van der Waals surface area contributed by atoms with Gasteiger partial charge in [0.25, 0.3) is 0 Å². The largest absolute Gasteiger partial charge is 0.352 e. The summed E-state index contributed by atoms with van der Waals surface area (Å²) in [7, 11) is 0. The third kappa shape index (κ3) is 3.01. The number of hydrogen-bond acceptors (Lipinski definition) is 5. The minimum absolute atomic E-state index is 0.268. The topological polar surface area (TPSA) is 96.0 Å². The van der Waals surface area contributed by atoms with Gasteiger partial charge in [0.15, 0.2) is 0 Å². The molecular formula is C24H16FN7. The van der Waals surface area contributed by atoms with Crippen LogP contribution in [0.25, 0.3) is 55.7 Å². The van der Waals surface area contributed by atoms with Gasteiger partial charge in [0.1, 0.15) is 17.2 Å². The lowest BCUT2D eigenvalue weighted by Gasteiger charge is -2.05. The number of halogens is 1. The van der Waals surface area contributed by atoms with E-state index in [1.165, 1.54) is 12.1 Å². The molecule has 0 unspecified atom stereocenters. The number of hydrogen-bond donors (Lipinski definition) is 2. The molecule has 0 atom stereocenters. The number of rotatable bonds is 3. The number of aromatic nitrogens is 7. The van der Waals surface area contributed by atoms with Crippen LogP contribution in [0.3, 0.4) is 0 Å². The van der Waals surface area contributed by atoms with E-state index in [-0.39, 0.29) is 5.82 Å². The zero-order chi connectivity index (χ0) is 21.7. The zero-order valence-electron chi connectivity index (χ0n) is 17.0. The van der Waals surface area contributed by atoms with E-state index >= 15 is 0 Å². The minimum atomic E-state index is -0.268. The molecule has 0 aliphatic carbocycles. The quantitative estimate of drug-likeness (QED) is 0.416. The normalized spacial score (nSPS) is 11.4. The van der Waals surface area contributed by atoms with Gasteiger partial charge in [-0.25, -0.2) is 4.39 Å². The van der Waals surface area contributed by atoms with Gasteiger partial charge in [0, 0.05) is 34.9 Å². The molecule has 0 spiro atoms. The first kappa shape index (κ1) is 18.3. The molecule has 1 aromatic carbocycles. The van der Waals surface area contributed by atoms with Crippen LogP contribution in [-0.2, 0) is 0 Å². The lowest BCUT2D eigenvalue weighted by molar-refractivity contribution is 0.627. The van der Waals surface area contributed by atoms with Gasteiger partial charge in [0.05, 0.1) is 41.0 Å². The van der Waals surface area contributed by atoms with Gasteiger partial charge in [-0.2, -0.15) is 5.10 Å². The molecule has 0 fully saturated rings. The van der Waals surface area contributed by atoms with Crippen molar-refractivity contribution >= 4 is 21.8 Å². The fraction of sp³-hybridized carbons (Fsp3) is 0.0417. The molecule has 5 aromatic heterocycles. The van der Waals surface area contributed by atoms with Crippen molar-refractivity contribution in [2.45, 2.75) is 6.92 Å². The van der Waals surface area contributed by atoms with Crippen molar-refractivity contribution in [1.82, 2.24) is 35.1 Å². The van der Waals surface area contributed by atoms with Crippen LogP contribution in [0.1, 0.15) is 5.56 Å². The van der Waals surface area contributed by atoms with Crippen LogP contribution in [0.5, 0.6) is 0 Å². The Hall–Kier alpha value is -4.46. The average Bonchev–Trinajstić information content (AvgIpc) is 3.42. The number of H-pyrrole nitrogens is 2. The van der Waals surface area contributed by atoms with Crippen molar-refractivity contribution in [3.63, 3.8) is 0 Å². The number of fused-ring (bicyclic) bond motifs is 2. The molecule has 8 heteroatoms.